The summed E-state index contributed by atoms with van der Waals surface area (Å²) in [5.41, 5.74) is 1.86. The third-order valence-corrected chi connectivity index (χ3v) is 7.29. The van der Waals surface area contributed by atoms with E-state index in [4.69, 9.17) is 4.74 Å². The highest BCUT2D eigenvalue weighted by Crippen LogP contribution is 2.30. The second-order valence-corrected chi connectivity index (χ2v) is 9.53. The Balaban J connectivity index is 1.58. The lowest BCUT2D eigenvalue weighted by atomic mass is 9.97. The van der Waals surface area contributed by atoms with Crippen molar-refractivity contribution in [3.05, 3.63) is 29.8 Å². The van der Waals surface area contributed by atoms with Gasteiger partial charge in [0.2, 0.25) is 10.0 Å². The number of benzene rings is 1. The predicted octanol–water partition coefficient (Wildman–Crippen LogP) is 1.62. The van der Waals surface area contributed by atoms with Crippen LogP contribution in [0.4, 0.5) is 5.69 Å². The molecule has 0 saturated carbocycles. The lowest BCUT2D eigenvalue weighted by Gasteiger charge is -2.33. The first kappa shape index (κ1) is 22.4. The van der Waals surface area contributed by atoms with Crippen LogP contribution in [0, 0.1) is 5.92 Å². The van der Waals surface area contributed by atoms with Crippen molar-refractivity contribution in [2.75, 3.05) is 49.4 Å². The molecule has 1 N–H and O–H groups in total. The smallest absolute Gasteiger partial charge is 0.309 e. The Bertz CT molecular complexity index is 864. The summed E-state index contributed by atoms with van der Waals surface area (Å²) in [6, 6.07) is 7.65. The summed E-state index contributed by atoms with van der Waals surface area (Å²) in [5.74, 6) is 0.475. The van der Waals surface area contributed by atoms with Crippen molar-refractivity contribution in [2.45, 2.75) is 33.1 Å². The number of hydrogen-bond donors (Lipinski definition) is 1. The zero-order valence-electron chi connectivity index (χ0n) is 17.8. The molecule has 1 saturated heterocycles. The number of rotatable bonds is 7. The minimum atomic E-state index is -3.42. The summed E-state index contributed by atoms with van der Waals surface area (Å²) < 4.78 is 32.4. The highest BCUT2D eigenvalue weighted by molar-refractivity contribution is 7.92. The summed E-state index contributed by atoms with van der Waals surface area (Å²) in [7, 11) is -3.42. The average molecular weight is 437 g/mol. The number of likely N-dealkylation sites (tertiary alicyclic amines) is 1. The number of piperidine rings is 1. The van der Waals surface area contributed by atoms with Crippen LogP contribution in [0.2, 0.25) is 0 Å². The van der Waals surface area contributed by atoms with Crippen LogP contribution >= 0.6 is 0 Å². The molecule has 2 aliphatic rings. The van der Waals surface area contributed by atoms with E-state index in [-0.39, 0.29) is 24.2 Å². The molecule has 0 aliphatic carbocycles. The highest BCUT2D eigenvalue weighted by atomic mass is 32.2. The normalized spacial score (nSPS) is 17.7. The number of para-hydroxylation sites is 1. The van der Waals surface area contributed by atoms with Crippen molar-refractivity contribution >= 4 is 27.6 Å². The standard InChI is InChI=1S/C21H32N4O4S/c1-3-22-21(24-13-9-18(10-14-24)20(26)29-4-2)23-12-16-30(27,28)25-15-11-17-7-5-6-8-19(17)25/h5-8,18H,3-4,9-16H2,1-2H3,(H,22,23). The zero-order chi connectivity index (χ0) is 21.6. The Morgan fingerprint density at radius 3 is 2.63 bits per heavy atom. The number of sulfonamides is 1. The van der Waals surface area contributed by atoms with E-state index in [2.05, 4.69) is 15.2 Å². The van der Waals surface area contributed by atoms with Crippen LogP contribution in [0.5, 0.6) is 0 Å². The van der Waals surface area contributed by atoms with Crippen molar-refractivity contribution in [3.63, 3.8) is 0 Å². The van der Waals surface area contributed by atoms with E-state index in [9.17, 15) is 13.2 Å². The lowest BCUT2D eigenvalue weighted by molar-refractivity contribution is -0.149. The average Bonchev–Trinajstić information content (AvgIpc) is 3.18. The Hall–Kier alpha value is -2.29. The quantitative estimate of drug-likeness (QED) is 0.397. The molecular weight excluding hydrogens is 404 g/mol. The molecule has 0 atom stereocenters. The van der Waals surface area contributed by atoms with Crippen LogP contribution in [0.3, 0.4) is 0 Å². The maximum Gasteiger partial charge on any atom is 0.309 e. The highest BCUT2D eigenvalue weighted by Gasteiger charge is 2.29. The van der Waals surface area contributed by atoms with E-state index >= 15 is 0 Å². The molecule has 30 heavy (non-hydrogen) atoms. The number of guanidine groups is 1. The lowest BCUT2D eigenvalue weighted by Crippen LogP contribution is -2.47. The summed E-state index contributed by atoms with van der Waals surface area (Å²) in [6.45, 7) is 6.98. The molecule has 1 aromatic carbocycles. The molecular formula is C21H32N4O4S. The number of esters is 1. The molecule has 166 valence electrons. The van der Waals surface area contributed by atoms with Gasteiger partial charge in [-0.15, -0.1) is 0 Å². The third-order valence-electron chi connectivity index (χ3n) is 5.54. The van der Waals surface area contributed by atoms with Gasteiger partial charge in [0.05, 0.1) is 30.5 Å². The molecule has 1 aromatic rings. The van der Waals surface area contributed by atoms with E-state index in [1.165, 1.54) is 4.31 Å². The van der Waals surface area contributed by atoms with Crippen molar-refractivity contribution < 1.29 is 17.9 Å². The topological polar surface area (TPSA) is 91.3 Å². The van der Waals surface area contributed by atoms with Gasteiger partial charge in [0, 0.05) is 26.2 Å². The molecule has 0 unspecified atom stereocenters. The van der Waals surface area contributed by atoms with Crippen LogP contribution in [0.15, 0.2) is 29.3 Å². The van der Waals surface area contributed by atoms with Gasteiger partial charge in [-0.1, -0.05) is 18.2 Å². The van der Waals surface area contributed by atoms with Gasteiger partial charge in [-0.25, -0.2) is 8.42 Å². The van der Waals surface area contributed by atoms with Crippen LogP contribution in [-0.4, -0.2) is 70.3 Å². The number of hydrogen-bond acceptors (Lipinski definition) is 5. The molecule has 0 radical (unpaired) electrons. The first-order valence-electron chi connectivity index (χ1n) is 10.7. The largest absolute Gasteiger partial charge is 0.466 e. The van der Waals surface area contributed by atoms with Crippen LogP contribution in [-0.2, 0) is 26.0 Å². The molecule has 0 aromatic heterocycles. The van der Waals surface area contributed by atoms with E-state index in [0.717, 1.165) is 17.7 Å². The number of ether oxygens (including phenoxy) is 1. The first-order chi connectivity index (χ1) is 14.5. The molecule has 0 bridgehead atoms. The number of anilines is 1. The minimum absolute atomic E-state index is 0.0322. The molecule has 9 heteroatoms. The van der Waals surface area contributed by atoms with Gasteiger partial charge in [0.1, 0.15) is 0 Å². The first-order valence-corrected chi connectivity index (χ1v) is 12.4. The maximum atomic E-state index is 12.9. The summed E-state index contributed by atoms with van der Waals surface area (Å²) in [4.78, 5) is 18.6. The molecule has 0 amide bonds. The molecule has 2 heterocycles. The van der Waals surface area contributed by atoms with Crippen molar-refractivity contribution in [2.24, 2.45) is 10.9 Å². The number of nitrogens with one attached hydrogen (secondary N) is 1. The Morgan fingerprint density at radius 1 is 1.20 bits per heavy atom. The summed E-state index contributed by atoms with van der Waals surface area (Å²) in [6.07, 6.45) is 2.18. The van der Waals surface area contributed by atoms with E-state index < -0.39 is 10.0 Å². The molecule has 1 fully saturated rings. The number of fused-ring (bicyclic) bond motifs is 1. The van der Waals surface area contributed by atoms with Gasteiger partial charge in [-0.3, -0.25) is 14.1 Å². The third kappa shape index (κ3) is 5.24. The predicted molar refractivity (Wildman–Crippen MR) is 118 cm³/mol. The Labute approximate surface area is 179 Å². The van der Waals surface area contributed by atoms with Crippen LogP contribution < -0.4 is 9.62 Å². The number of carbonyl (C=O) groups is 1. The SMILES string of the molecule is CCNC(=NCCS(=O)(=O)N1CCc2ccccc21)N1CCC(C(=O)OCC)CC1. The fourth-order valence-electron chi connectivity index (χ4n) is 3.99. The van der Waals surface area contributed by atoms with Crippen LogP contribution in [0.25, 0.3) is 0 Å². The van der Waals surface area contributed by atoms with E-state index in [0.29, 0.717) is 51.6 Å². The van der Waals surface area contributed by atoms with Gasteiger partial charge in [0.15, 0.2) is 5.96 Å². The van der Waals surface area contributed by atoms with Crippen LogP contribution in [0.1, 0.15) is 32.3 Å². The Kier molecular flexibility index (Phi) is 7.58. The maximum absolute atomic E-state index is 12.9. The fourth-order valence-corrected chi connectivity index (χ4v) is 5.38. The van der Waals surface area contributed by atoms with E-state index in [1.807, 2.05) is 38.1 Å². The monoisotopic (exact) mass is 436 g/mol. The van der Waals surface area contributed by atoms with Crippen molar-refractivity contribution in [3.8, 4) is 0 Å². The van der Waals surface area contributed by atoms with Crippen molar-refractivity contribution in [1.82, 2.24) is 10.2 Å². The van der Waals surface area contributed by atoms with Gasteiger partial charge in [0.25, 0.3) is 0 Å². The second-order valence-electron chi connectivity index (χ2n) is 7.52. The van der Waals surface area contributed by atoms with Gasteiger partial charge in [-0.05, 0) is 44.7 Å². The van der Waals surface area contributed by atoms with Gasteiger partial charge in [-0.2, -0.15) is 0 Å². The second kappa shape index (κ2) is 10.1. The minimum Gasteiger partial charge on any atom is -0.466 e. The van der Waals surface area contributed by atoms with E-state index in [1.54, 1.807) is 0 Å². The number of aliphatic imine (C=N–C) groups is 1. The number of nitrogens with zero attached hydrogens (tertiary/aromatic N) is 3. The fraction of sp³-hybridized carbons (Fsp3) is 0.619. The van der Waals surface area contributed by atoms with Crippen molar-refractivity contribution in [1.29, 1.82) is 0 Å². The molecule has 0 spiro atoms. The molecule has 2 aliphatic heterocycles. The summed E-state index contributed by atoms with van der Waals surface area (Å²) >= 11 is 0. The number of carbonyl (C=O) groups excluding carboxylic acids is 1. The molecule has 3 rings (SSSR count). The molecule has 8 nitrogen and oxygen atoms in total. The zero-order valence-corrected chi connectivity index (χ0v) is 18.7. The summed E-state index contributed by atoms with van der Waals surface area (Å²) in [5, 5.41) is 3.24. The van der Waals surface area contributed by atoms with Gasteiger partial charge >= 0.3 is 5.97 Å². The van der Waals surface area contributed by atoms with Gasteiger partial charge < -0.3 is 15.0 Å². The Morgan fingerprint density at radius 2 is 1.93 bits per heavy atom.